The van der Waals surface area contributed by atoms with E-state index in [4.69, 9.17) is 5.26 Å². The molecule has 0 aliphatic heterocycles. The first-order chi connectivity index (χ1) is 9.04. The van der Waals surface area contributed by atoms with Crippen molar-refractivity contribution in [1.29, 1.82) is 5.26 Å². The number of para-hydroxylation sites is 1. The van der Waals surface area contributed by atoms with Crippen LogP contribution in [0.15, 0.2) is 18.2 Å². The molecule has 19 heavy (non-hydrogen) atoms. The summed E-state index contributed by atoms with van der Waals surface area (Å²) < 4.78 is 0. The first-order valence-electron chi connectivity index (χ1n) is 5.62. The molecule has 2 unspecified atom stereocenters. The van der Waals surface area contributed by atoms with Crippen molar-refractivity contribution >= 4 is 23.1 Å². The molecule has 0 aliphatic rings. The highest BCUT2D eigenvalue weighted by Gasteiger charge is 2.23. The minimum absolute atomic E-state index is 0.0203. The molecule has 2 N–H and O–H groups in total. The Labute approximate surface area is 115 Å². The smallest absolute Gasteiger partial charge is 0.309 e. The Bertz CT molecular complexity index is 497. The Kier molecular flexibility index (Phi) is 5.60. The minimum atomic E-state index is -0.569. The molecular weight excluding hydrogens is 266 g/mol. The van der Waals surface area contributed by atoms with Crippen LogP contribution >= 0.6 is 11.8 Å². The molecule has 0 bridgehead atoms. The van der Waals surface area contributed by atoms with Gasteiger partial charge in [-0.25, -0.2) is 0 Å². The number of nitrogens with one attached hydrogen (secondary N) is 1. The number of hydrogen-bond donors (Lipinski definition) is 2. The van der Waals surface area contributed by atoms with Crippen LogP contribution in [0.3, 0.4) is 0 Å². The van der Waals surface area contributed by atoms with E-state index >= 15 is 0 Å². The second-order valence-electron chi connectivity index (χ2n) is 3.96. The Morgan fingerprint density at radius 2 is 2.32 bits per heavy atom. The Morgan fingerprint density at radius 1 is 1.63 bits per heavy atom. The van der Waals surface area contributed by atoms with Crippen molar-refractivity contribution in [3.63, 3.8) is 0 Å². The van der Waals surface area contributed by atoms with Crippen molar-refractivity contribution in [3.8, 4) is 6.07 Å². The number of rotatable bonds is 6. The van der Waals surface area contributed by atoms with Gasteiger partial charge in [0.25, 0.3) is 0 Å². The number of nitriles is 1. The van der Waals surface area contributed by atoms with Gasteiger partial charge in [-0.2, -0.15) is 17.0 Å². The van der Waals surface area contributed by atoms with Crippen molar-refractivity contribution in [1.82, 2.24) is 0 Å². The van der Waals surface area contributed by atoms with Gasteiger partial charge in [0.2, 0.25) is 0 Å². The first-order valence-corrected chi connectivity index (χ1v) is 6.91. The summed E-state index contributed by atoms with van der Waals surface area (Å²) in [6.45, 7) is 1.81. The van der Waals surface area contributed by atoms with Gasteiger partial charge in [-0.3, -0.25) is 10.1 Å². The molecule has 0 saturated carbocycles. The molecule has 1 aromatic rings. The SMILES string of the molecule is CSC(CO)C(C)Nc1cccc(C#N)c1[N+](=O)[O-]. The fourth-order valence-electron chi connectivity index (χ4n) is 1.72. The lowest BCUT2D eigenvalue weighted by Crippen LogP contribution is -2.31. The normalized spacial score (nSPS) is 13.4. The third-order valence-corrected chi connectivity index (χ3v) is 3.93. The summed E-state index contributed by atoms with van der Waals surface area (Å²) in [4.78, 5) is 10.5. The van der Waals surface area contributed by atoms with E-state index in [-0.39, 0.29) is 29.1 Å². The predicted octanol–water partition coefficient (Wildman–Crippen LogP) is 1.99. The summed E-state index contributed by atoms with van der Waals surface area (Å²) >= 11 is 1.47. The van der Waals surface area contributed by atoms with E-state index in [2.05, 4.69) is 5.32 Å². The largest absolute Gasteiger partial charge is 0.395 e. The third-order valence-electron chi connectivity index (χ3n) is 2.76. The Hall–Kier alpha value is -1.78. The van der Waals surface area contributed by atoms with Gasteiger partial charge in [-0.05, 0) is 25.3 Å². The van der Waals surface area contributed by atoms with Gasteiger partial charge >= 0.3 is 5.69 Å². The Balaban J connectivity index is 3.08. The Morgan fingerprint density at radius 3 is 2.79 bits per heavy atom. The summed E-state index contributed by atoms with van der Waals surface area (Å²) in [6.07, 6.45) is 1.86. The average molecular weight is 281 g/mol. The minimum Gasteiger partial charge on any atom is -0.395 e. The number of nitrogens with zero attached hydrogens (tertiary/aromatic N) is 2. The van der Waals surface area contributed by atoms with E-state index < -0.39 is 4.92 Å². The number of benzene rings is 1. The van der Waals surface area contributed by atoms with E-state index in [0.29, 0.717) is 5.69 Å². The molecule has 0 fully saturated rings. The second-order valence-corrected chi connectivity index (χ2v) is 5.04. The topological polar surface area (TPSA) is 99.2 Å². The molecule has 0 amide bonds. The number of hydrogen-bond acceptors (Lipinski definition) is 6. The summed E-state index contributed by atoms with van der Waals surface area (Å²) in [7, 11) is 0. The number of nitro benzene ring substituents is 1. The van der Waals surface area contributed by atoms with E-state index in [1.165, 1.54) is 17.8 Å². The summed E-state index contributed by atoms with van der Waals surface area (Å²) in [5.41, 5.74) is 0.0885. The van der Waals surface area contributed by atoms with Crippen molar-refractivity contribution < 1.29 is 10.0 Å². The van der Waals surface area contributed by atoms with Crippen molar-refractivity contribution in [2.24, 2.45) is 0 Å². The fraction of sp³-hybridized carbons (Fsp3) is 0.417. The lowest BCUT2D eigenvalue weighted by atomic mass is 10.1. The maximum atomic E-state index is 11.1. The van der Waals surface area contributed by atoms with Crippen molar-refractivity contribution in [2.45, 2.75) is 18.2 Å². The molecule has 1 rings (SSSR count). The van der Waals surface area contributed by atoms with Gasteiger partial charge in [0.15, 0.2) is 0 Å². The van der Waals surface area contributed by atoms with Crippen LogP contribution in [0.5, 0.6) is 0 Å². The lowest BCUT2D eigenvalue weighted by Gasteiger charge is -2.22. The van der Waals surface area contributed by atoms with Crippen molar-refractivity contribution in [2.75, 3.05) is 18.2 Å². The summed E-state index contributed by atoms with van der Waals surface area (Å²) in [5.74, 6) is 0. The zero-order valence-electron chi connectivity index (χ0n) is 10.7. The van der Waals surface area contributed by atoms with Crippen molar-refractivity contribution in [3.05, 3.63) is 33.9 Å². The molecule has 7 heteroatoms. The van der Waals surface area contributed by atoms with Gasteiger partial charge in [0.1, 0.15) is 17.3 Å². The zero-order valence-corrected chi connectivity index (χ0v) is 11.5. The van der Waals surface area contributed by atoms with Gasteiger partial charge in [0.05, 0.1) is 11.5 Å². The van der Waals surface area contributed by atoms with Gasteiger partial charge in [-0.15, -0.1) is 0 Å². The van der Waals surface area contributed by atoms with E-state index in [9.17, 15) is 15.2 Å². The molecule has 0 aromatic heterocycles. The third kappa shape index (κ3) is 3.59. The molecule has 0 aliphatic carbocycles. The van der Waals surface area contributed by atoms with Gasteiger partial charge in [0, 0.05) is 11.3 Å². The number of aliphatic hydroxyl groups is 1. The zero-order chi connectivity index (χ0) is 14.4. The fourth-order valence-corrected chi connectivity index (χ4v) is 2.35. The molecule has 0 radical (unpaired) electrons. The van der Waals surface area contributed by atoms with Crippen LogP contribution < -0.4 is 5.32 Å². The molecule has 0 spiro atoms. The van der Waals surface area contributed by atoms with Gasteiger partial charge < -0.3 is 10.4 Å². The standard InChI is InChI=1S/C12H15N3O3S/c1-8(11(7-16)19-2)14-10-5-3-4-9(6-13)12(10)15(17)18/h3-5,8,11,14,16H,7H2,1-2H3. The highest BCUT2D eigenvalue weighted by molar-refractivity contribution is 7.99. The number of anilines is 1. The van der Waals surface area contributed by atoms with E-state index in [1.54, 1.807) is 12.1 Å². The highest BCUT2D eigenvalue weighted by Crippen LogP contribution is 2.29. The van der Waals surface area contributed by atoms with Crippen LogP contribution in [0, 0.1) is 21.4 Å². The number of aliphatic hydroxyl groups excluding tert-OH is 1. The number of thioether (sulfide) groups is 1. The molecule has 1 aromatic carbocycles. The molecule has 0 heterocycles. The van der Waals surface area contributed by atoms with E-state index in [0.717, 1.165) is 0 Å². The molecule has 102 valence electrons. The van der Waals surface area contributed by atoms with Crippen LogP contribution in [0.1, 0.15) is 12.5 Å². The molecule has 0 saturated heterocycles. The predicted molar refractivity (Wildman–Crippen MR) is 75.3 cm³/mol. The maximum absolute atomic E-state index is 11.1. The molecule has 6 nitrogen and oxygen atoms in total. The van der Waals surface area contributed by atoms with Crippen LogP contribution in [0.25, 0.3) is 0 Å². The monoisotopic (exact) mass is 281 g/mol. The summed E-state index contributed by atoms with van der Waals surface area (Å²) in [5, 5.41) is 32.1. The van der Waals surface area contributed by atoms with E-state index in [1.807, 2.05) is 19.2 Å². The maximum Gasteiger partial charge on any atom is 0.309 e. The first kappa shape index (κ1) is 15.3. The average Bonchev–Trinajstić information content (AvgIpc) is 2.39. The van der Waals surface area contributed by atoms with Crippen LogP contribution in [0.4, 0.5) is 11.4 Å². The van der Waals surface area contributed by atoms with Crippen LogP contribution in [-0.2, 0) is 0 Å². The second kappa shape index (κ2) is 6.97. The van der Waals surface area contributed by atoms with Crippen LogP contribution in [0.2, 0.25) is 0 Å². The van der Waals surface area contributed by atoms with Crippen LogP contribution in [-0.4, -0.2) is 34.2 Å². The van der Waals surface area contributed by atoms with Gasteiger partial charge in [-0.1, -0.05) is 6.07 Å². The molecular formula is C12H15N3O3S. The lowest BCUT2D eigenvalue weighted by molar-refractivity contribution is -0.384. The quantitative estimate of drug-likeness (QED) is 0.611. The molecule has 2 atom stereocenters. The summed E-state index contributed by atoms with van der Waals surface area (Å²) in [6, 6.07) is 6.21. The highest BCUT2D eigenvalue weighted by atomic mass is 32.2. The number of nitro groups is 1.